The highest BCUT2D eigenvalue weighted by atomic mass is 15.0. The molecule has 0 amide bonds. The number of hydrogen-bond donors (Lipinski definition) is 0. The lowest BCUT2D eigenvalue weighted by Crippen LogP contribution is -1.98. The third kappa shape index (κ3) is 6.08. The van der Waals surface area contributed by atoms with E-state index in [0.29, 0.717) is 5.82 Å². The lowest BCUT2D eigenvalue weighted by Gasteiger charge is -2.13. The van der Waals surface area contributed by atoms with E-state index in [9.17, 15) is 0 Å². The Morgan fingerprint density at radius 3 is 1.27 bits per heavy atom. The average molecular weight is 791 g/mol. The fraction of sp³-hybridized carbons (Fsp3) is 0. The summed E-state index contributed by atoms with van der Waals surface area (Å²) in [6.07, 6.45) is 0. The molecule has 290 valence electrons. The summed E-state index contributed by atoms with van der Waals surface area (Å²) in [5.74, 6) is 0.703. The summed E-state index contributed by atoms with van der Waals surface area (Å²) in [5.41, 5.74) is 16.5. The van der Waals surface area contributed by atoms with E-state index >= 15 is 0 Å². The van der Waals surface area contributed by atoms with Crippen LogP contribution in [-0.4, -0.2) is 19.1 Å². The van der Waals surface area contributed by atoms with E-state index in [-0.39, 0.29) is 0 Å². The van der Waals surface area contributed by atoms with Crippen molar-refractivity contribution in [1.29, 1.82) is 0 Å². The molecule has 0 spiro atoms. The number of nitrogens with zero attached hydrogens (tertiary/aromatic N) is 4. The molecule has 0 aliphatic carbocycles. The Kier molecular flexibility index (Phi) is 8.46. The largest absolute Gasteiger partial charge is 0.309 e. The minimum absolute atomic E-state index is 0.703. The maximum Gasteiger partial charge on any atom is 0.160 e. The zero-order chi connectivity index (χ0) is 41.0. The lowest BCUT2D eigenvalue weighted by atomic mass is 10.0. The lowest BCUT2D eigenvalue weighted by molar-refractivity contribution is 1.16. The Bertz CT molecular complexity index is 3550. The van der Waals surface area contributed by atoms with Crippen LogP contribution in [0.25, 0.3) is 111 Å². The van der Waals surface area contributed by atoms with E-state index in [0.717, 1.165) is 61.6 Å². The first-order valence-corrected chi connectivity index (χ1v) is 21.1. The molecule has 0 aliphatic heterocycles. The van der Waals surface area contributed by atoms with Gasteiger partial charge in [0.2, 0.25) is 0 Å². The van der Waals surface area contributed by atoms with Crippen LogP contribution in [0.3, 0.4) is 0 Å². The number of hydrogen-bond acceptors (Lipinski definition) is 2. The normalized spacial score (nSPS) is 11.5. The van der Waals surface area contributed by atoms with Gasteiger partial charge in [0.25, 0.3) is 0 Å². The van der Waals surface area contributed by atoms with Crippen LogP contribution in [0, 0.1) is 0 Å². The third-order valence-electron chi connectivity index (χ3n) is 12.1. The quantitative estimate of drug-likeness (QED) is 0.161. The molecule has 0 saturated carbocycles. The zero-order valence-electron chi connectivity index (χ0n) is 33.7. The summed E-state index contributed by atoms with van der Waals surface area (Å²) < 4.78 is 4.81. The molecule has 4 nitrogen and oxygen atoms in total. The molecular formula is C58H38N4. The van der Waals surface area contributed by atoms with Gasteiger partial charge in [0.15, 0.2) is 5.82 Å². The first-order chi connectivity index (χ1) is 30.7. The van der Waals surface area contributed by atoms with Gasteiger partial charge in [-0.3, -0.25) is 0 Å². The van der Waals surface area contributed by atoms with E-state index in [1.165, 1.54) is 43.7 Å². The molecule has 0 bridgehead atoms. The van der Waals surface area contributed by atoms with Crippen LogP contribution in [0.2, 0.25) is 0 Å². The zero-order valence-corrected chi connectivity index (χ0v) is 33.7. The Labute approximate surface area is 359 Å². The van der Waals surface area contributed by atoms with Gasteiger partial charge in [-0.25, -0.2) is 9.97 Å². The first-order valence-electron chi connectivity index (χ1n) is 21.1. The molecule has 0 N–H and O–H groups in total. The molecule has 0 aliphatic rings. The van der Waals surface area contributed by atoms with Gasteiger partial charge in [-0.1, -0.05) is 176 Å². The van der Waals surface area contributed by atoms with E-state index in [2.05, 4.69) is 215 Å². The predicted octanol–water partition coefficient (Wildman–Crippen LogP) is 15.0. The van der Waals surface area contributed by atoms with Crippen LogP contribution in [0.5, 0.6) is 0 Å². The van der Waals surface area contributed by atoms with Gasteiger partial charge in [0.1, 0.15) is 0 Å². The molecule has 3 aromatic heterocycles. The summed E-state index contributed by atoms with van der Waals surface area (Å²) in [7, 11) is 0. The topological polar surface area (TPSA) is 35.6 Å². The van der Waals surface area contributed by atoms with Crippen LogP contribution in [0.4, 0.5) is 0 Å². The number of para-hydroxylation sites is 2. The van der Waals surface area contributed by atoms with E-state index in [4.69, 9.17) is 9.97 Å². The third-order valence-corrected chi connectivity index (χ3v) is 12.1. The molecule has 0 fully saturated rings. The van der Waals surface area contributed by atoms with Crippen LogP contribution in [0.15, 0.2) is 231 Å². The standard InChI is InChI=1S/C58H38N4/c1-4-15-39(16-5-1)40-27-31-46(32-28-40)61-54-25-12-10-23-48(54)50-33-29-43(36-56(50)61)44-30-34-51-49-24-11-13-26-55(49)62(57(51)37-44)47-22-14-21-45(35-47)53-38-52(41-17-6-2-7-18-41)59-58(60-53)42-19-8-3-9-20-42/h1-38H. The van der Waals surface area contributed by atoms with Gasteiger partial charge in [-0.15, -0.1) is 0 Å². The smallest absolute Gasteiger partial charge is 0.160 e. The maximum atomic E-state index is 5.17. The van der Waals surface area contributed by atoms with Crippen molar-refractivity contribution in [1.82, 2.24) is 19.1 Å². The van der Waals surface area contributed by atoms with Crippen LogP contribution >= 0.6 is 0 Å². The first kappa shape index (κ1) is 35.6. The number of benzene rings is 9. The molecule has 12 aromatic rings. The Morgan fingerprint density at radius 2 is 0.677 bits per heavy atom. The van der Waals surface area contributed by atoms with Crippen LogP contribution in [0.1, 0.15) is 0 Å². The summed E-state index contributed by atoms with van der Waals surface area (Å²) >= 11 is 0. The molecule has 0 saturated heterocycles. The predicted molar refractivity (Wildman–Crippen MR) is 258 cm³/mol. The number of rotatable bonds is 7. The second-order valence-corrected chi connectivity index (χ2v) is 15.8. The minimum Gasteiger partial charge on any atom is -0.309 e. The van der Waals surface area contributed by atoms with Crippen molar-refractivity contribution in [2.75, 3.05) is 0 Å². The summed E-state index contributed by atoms with van der Waals surface area (Å²) in [4.78, 5) is 10.2. The van der Waals surface area contributed by atoms with E-state index in [1.807, 2.05) is 24.3 Å². The van der Waals surface area contributed by atoms with Gasteiger partial charge in [-0.2, -0.15) is 0 Å². The Hall–Kier alpha value is -8.34. The highest BCUT2D eigenvalue weighted by Crippen LogP contribution is 2.39. The molecule has 0 radical (unpaired) electrons. The fourth-order valence-electron chi connectivity index (χ4n) is 9.16. The van der Waals surface area contributed by atoms with Crippen molar-refractivity contribution in [3.63, 3.8) is 0 Å². The van der Waals surface area contributed by atoms with Gasteiger partial charge in [0.05, 0.1) is 33.5 Å². The number of fused-ring (bicyclic) bond motifs is 6. The molecule has 4 heteroatoms. The van der Waals surface area contributed by atoms with Gasteiger partial charge < -0.3 is 9.13 Å². The molecule has 3 heterocycles. The van der Waals surface area contributed by atoms with Crippen LogP contribution in [-0.2, 0) is 0 Å². The second kappa shape index (κ2) is 14.7. The number of aromatic nitrogens is 4. The van der Waals surface area contributed by atoms with Crippen molar-refractivity contribution >= 4 is 43.6 Å². The van der Waals surface area contributed by atoms with E-state index < -0.39 is 0 Å². The second-order valence-electron chi connectivity index (χ2n) is 15.8. The van der Waals surface area contributed by atoms with E-state index in [1.54, 1.807) is 0 Å². The fourth-order valence-corrected chi connectivity index (χ4v) is 9.16. The minimum atomic E-state index is 0.703. The molecule has 62 heavy (non-hydrogen) atoms. The summed E-state index contributed by atoms with van der Waals surface area (Å²) in [6, 6.07) is 82.3. The van der Waals surface area contributed by atoms with Crippen molar-refractivity contribution in [3.8, 4) is 67.5 Å². The Balaban J connectivity index is 1.00. The monoisotopic (exact) mass is 790 g/mol. The maximum absolute atomic E-state index is 5.17. The summed E-state index contributed by atoms with van der Waals surface area (Å²) in [6.45, 7) is 0. The summed E-state index contributed by atoms with van der Waals surface area (Å²) in [5, 5.41) is 4.91. The highest BCUT2D eigenvalue weighted by Gasteiger charge is 2.18. The molecule has 0 atom stereocenters. The van der Waals surface area contributed by atoms with Crippen LogP contribution < -0.4 is 0 Å². The van der Waals surface area contributed by atoms with Gasteiger partial charge >= 0.3 is 0 Å². The molecule has 12 rings (SSSR count). The Morgan fingerprint density at radius 1 is 0.242 bits per heavy atom. The average Bonchev–Trinajstić information content (AvgIpc) is 3.87. The molecular weight excluding hydrogens is 753 g/mol. The molecule has 0 unspecified atom stereocenters. The van der Waals surface area contributed by atoms with Crippen molar-refractivity contribution in [3.05, 3.63) is 231 Å². The molecule has 9 aromatic carbocycles. The van der Waals surface area contributed by atoms with Gasteiger partial charge in [-0.05, 0) is 76.9 Å². The van der Waals surface area contributed by atoms with Crippen molar-refractivity contribution in [2.45, 2.75) is 0 Å². The van der Waals surface area contributed by atoms with Crippen molar-refractivity contribution < 1.29 is 0 Å². The SMILES string of the molecule is c1ccc(-c2ccc(-n3c4ccccc4c4ccc(-c5ccc6c7ccccc7n(-c7cccc(-c8cc(-c9ccccc9)nc(-c9ccccc9)n8)c7)c6c5)cc43)cc2)cc1. The highest BCUT2D eigenvalue weighted by molar-refractivity contribution is 6.12. The van der Waals surface area contributed by atoms with Gasteiger partial charge in [0, 0.05) is 49.6 Å². The van der Waals surface area contributed by atoms with Crippen molar-refractivity contribution in [2.24, 2.45) is 0 Å².